The van der Waals surface area contributed by atoms with Crippen molar-refractivity contribution in [1.29, 1.82) is 0 Å². The number of carboxylic acid groups (broad SMARTS) is 1. The number of hydrogen-bond donors (Lipinski definition) is 1. The molecule has 3 aromatic carbocycles. The van der Waals surface area contributed by atoms with Crippen molar-refractivity contribution < 1.29 is 14.8 Å². The fourth-order valence-corrected chi connectivity index (χ4v) is 4.48. The second-order valence-electron chi connectivity index (χ2n) is 7.91. The number of nitro groups is 1. The first-order valence-electron chi connectivity index (χ1n) is 10.4. The van der Waals surface area contributed by atoms with E-state index in [-0.39, 0.29) is 11.4 Å². The maximum atomic E-state index is 12.0. The maximum absolute atomic E-state index is 12.0. The molecular formula is C26H19N3O4. The van der Waals surface area contributed by atoms with E-state index in [1.165, 1.54) is 12.1 Å². The van der Waals surface area contributed by atoms with Crippen molar-refractivity contribution in [3.05, 3.63) is 129 Å². The van der Waals surface area contributed by atoms with Gasteiger partial charge in [-0.15, -0.1) is 0 Å². The van der Waals surface area contributed by atoms with Crippen LogP contribution in [-0.4, -0.2) is 25.8 Å². The second kappa shape index (κ2) is 7.87. The molecule has 162 valence electrons. The summed E-state index contributed by atoms with van der Waals surface area (Å²) in [5.74, 6) is -1.12. The van der Waals surface area contributed by atoms with Crippen LogP contribution in [0, 0.1) is 10.1 Å². The van der Waals surface area contributed by atoms with Gasteiger partial charge in [-0.05, 0) is 23.3 Å². The Labute approximate surface area is 189 Å². The Morgan fingerprint density at radius 3 is 2.03 bits per heavy atom. The number of allylic oxidation sites excluding steroid dienone is 1. The van der Waals surface area contributed by atoms with E-state index < -0.39 is 16.3 Å². The van der Waals surface area contributed by atoms with E-state index in [1.807, 2.05) is 48.6 Å². The lowest BCUT2D eigenvalue weighted by Gasteiger charge is -2.35. The Bertz CT molecular complexity index is 1340. The molecular weight excluding hydrogens is 418 g/mol. The number of carboxylic acids is 1. The fraction of sp³-hybridized carbons (Fsp3) is 0.0769. The summed E-state index contributed by atoms with van der Waals surface area (Å²) in [6.45, 7) is 0. The molecule has 0 saturated heterocycles. The van der Waals surface area contributed by atoms with Crippen LogP contribution in [0.5, 0.6) is 0 Å². The molecule has 33 heavy (non-hydrogen) atoms. The molecule has 7 nitrogen and oxygen atoms in total. The predicted molar refractivity (Wildman–Crippen MR) is 124 cm³/mol. The van der Waals surface area contributed by atoms with Gasteiger partial charge in [-0.3, -0.25) is 10.1 Å². The normalized spacial score (nSPS) is 13.9. The third-order valence-corrected chi connectivity index (χ3v) is 6.09. The minimum Gasteiger partial charge on any atom is -0.476 e. The highest BCUT2D eigenvalue weighted by Gasteiger charge is 2.38. The minimum absolute atomic E-state index is 0.0407. The van der Waals surface area contributed by atoms with E-state index in [1.54, 1.807) is 16.8 Å². The van der Waals surface area contributed by atoms with Crippen molar-refractivity contribution in [1.82, 2.24) is 9.78 Å². The van der Waals surface area contributed by atoms with Crippen LogP contribution in [-0.2, 0) is 11.8 Å². The Hall–Kier alpha value is -4.52. The Kier molecular flexibility index (Phi) is 4.86. The Balaban J connectivity index is 1.72. The number of nitrogens with zero attached hydrogens (tertiary/aromatic N) is 3. The summed E-state index contributed by atoms with van der Waals surface area (Å²) in [6, 6.07) is 26.1. The summed E-state index contributed by atoms with van der Waals surface area (Å²) in [4.78, 5) is 22.6. The van der Waals surface area contributed by atoms with Crippen LogP contribution in [0.25, 0.3) is 11.8 Å². The molecule has 1 aromatic heterocycles. The molecule has 0 fully saturated rings. The van der Waals surface area contributed by atoms with Gasteiger partial charge in [0.05, 0.1) is 16.3 Å². The standard InChI is InChI=1S/C26H19N3O4/c30-25(31)24-22-15-16-26(18-7-3-1-4-8-18,19-9-5-2-6-10-19)17-23(22)28(27-24)20-11-13-21(14-12-20)29(32)33/h1-16H,17H2,(H,30,31). The number of aromatic carboxylic acids is 1. The summed E-state index contributed by atoms with van der Waals surface area (Å²) in [7, 11) is 0. The zero-order valence-electron chi connectivity index (χ0n) is 17.5. The van der Waals surface area contributed by atoms with Crippen molar-refractivity contribution in [2.45, 2.75) is 11.8 Å². The summed E-state index contributed by atoms with van der Waals surface area (Å²) in [6.07, 6.45) is 4.36. The highest BCUT2D eigenvalue weighted by Crippen LogP contribution is 2.42. The van der Waals surface area contributed by atoms with Gasteiger partial charge in [0, 0.05) is 29.5 Å². The van der Waals surface area contributed by atoms with Gasteiger partial charge in [-0.25, -0.2) is 9.48 Å². The van der Waals surface area contributed by atoms with Gasteiger partial charge in [-0.1, -0.05) is 72.8 Å². The number of benzene rings is 3. The van der Waals surface area contributed by atoms with Crippen molar-refractivity contribution in [3.8, 4) is 5.69 Å². The second-order valence-corrected chi connectivity index (χ2v) is 7.91. The SMILES string of the molecule is O=C(O)c1nn(-c2ccc([N+](=O)[O-])cc2)c2c1C=CC(c1ccccc1)(c1ccccc1)C2. The number of fused-ring (bicyclic) bond motifs is 1. The highest BCUT2D eigenvalue weighted by molar-refractivity contribution is 5.91. The number of aromatic nitrogens is 2. The number of hydrogen-bond acceptors (Lipinski definition) is 4. The van der Waals surface area contributed by atoms with E-state index >= 15 is 0 Å². The molecule has 1 aliphatic carbocycles. The largest absolute Gasteiger partial charge is 0.476 e. The van der Waals surface area contributed by atoms with Crippen LogP contribution in [0.3, 0.4) is 0 Å². The molecule has 0 saturated carbocycles. The molecule has 1 aliphatic rings. The minimum atomic E-state index is -1.12. The molecule has 0 atom stereocenters. The van der Waals surface area contributed by atoms with Gasteiger partial charge >= 0.3 is 5.97 Å². The lowest BCUT2D eigenvalue weighted by Crippen LogP contribution is -2.31. The number of carbonyl (C=O) groups is 1. The van der Waals surface area contributed by atoms with Crippen LogP contribution in [0.1, 0.15) is 32.9 Å². The summed E-state index contributed by atoms with van der Waals surface area (Å²) >= 11 is 0. The summed E-state index contributed by atoms with van der Waals surface area (Å²) < 4.78 is 1.59. The van der Waals surface area contributed by atoms with E-state index in [0.717, 1.165) is 16.8 Å². The van der Waals surface area contributed by atoms with Crippen molar-refractivity contribution in [2.24, 2.45) is 0 Å². The Morgan fingerprint density at radius 1 is 0.939 bits per heavy atom. The van der Waals surface area contributed by atoms with Gasteiger partial charge in [0.2, 0.25) is 0 Å². The highest BCUT2D eigenvalue weighted by atomic mass is 16.6. The van der Waals surface area contributed by atoms with Crippen molar-refractivity contribution in [2.75, 3.05) is 0 Å². The predicted octanol–water partition coefficient (Wildman–Crippen LogP) is 5.03. The lowest BCUT2D eigenvalue weighted by atomic mass is 9.68. The molecule has 7 heteroatoms. The van der Waals surface area contributed by atoms with Crippen LogP contribution in [0.15, 0.2) is 91.0 Å². The number of rotatable bonds is 5. The molecule has 0 spiro atoms. The topological polar surface area (TPSA) is 98.3 Å². The van der Waals surface area contributed by atoms with Gasteiger partial charge < -0.3 is 5.11 Å². The van der Waals surface area contributed by atoms with E-state index in [0.29, 0.717) is 17.7 Å². The first-order chi connectivity index (χ1) is 16.0. The molecule has 0 unspecified atom stereocenters. The zero-order chi connectivity index (χ0) is 23.0. The van der Waals surface area contributed by atoms with Crippen molar-refractivity contribution in [3.63, 3.8) is 0 Å². The quantitative estimate of drug-likeness (QED) is 0.349. The molecule has 0 aliphatic heterocycles. The number of nitro benzene ring substituents is 1. The molecule has 4 aromatic rings. The smallest absolute Gasteiger partial charge is 0.357 e. The van der Waals surface area contributed by atoms with Gasteiger partial charge in [0.1, 0.15) is 0 Å². The molecule has 0 bridgehead atoms. The zero-order valence-corrected chi connectivity index (χ0v) is 17.5. The van der Waals surface area contributed by atoms with Crippen LogP contribution in [0.2, 0.25) is 0 Å². The van der Waals surface area contributed by atoms with Gasteiger partial charge in [0.25, 0.3) is 5.69 Å². The van der Waals surface area contributed by atoms with Crippen LogP contribution >= 0.6 is 0 Å². The average Bonchev–Trinajstić information content (AvgIpc) is 3.24. The van der Waals surface area contributed by atoms with Crippen molar-refractivity contribution >= 4 is 17.7 Å². The Morgan fingerprint density at radius 2 is 1.52 bits per heavy atom. The first-order valence-corrected chi connectivity index (χ1v) is 10.4. The molecule has 1 heterocycles. The maximum Gasteiger partial charge on any atom is 0.357 e. The molecule has 0 amide bonds. The molecule has 5 rings (SSSR count). The third kappa shape index (κ3) is 3.40. The van der Waals surface area contributed by atoms with Crippen LogP contribution < -0.4 is 0 Å². The first kappa shape index (κ1) is 20.4. The van der Waals surface area contributed by atoms with Gasteiger partial charge in [0.15, 0.2) is 5.69 Å². The molecule has 1 N–H and O–H groups in total. The lowest BCUT2D eigenvalue weighted by molar-refractivity contribution is -0.384. The summed E-state index contributed by atoms with van der Waals surface area (Å²) in [5, 5.41) is 25.2. The third-order valence-electron chi connectivity index (χ3n) is 6.09. The monoisotopic (exact) mass is 437 g/mol. The van der Waals surface area contributed by atoms with E-state index in [9.17, 15) is 20.0 Å². The van der Waals surface area contributed by atoms with E-state index in [2.05, 4.69) is 29.4 Å². The van der Waals surface area contributed by atoms with Crippen LogP contribution in [0.4, 0.5) is 5.69 Å². The summed E-state index contributed by atoms with van der Waals surface area (Å²) in [5.41, 5.74) is 3.38. The average molecular weight is 437 g/mol. The number of non-ortho nitro benzene ring substituents is 1. The fourth-order valence-electron chi connectivity index (χ4n) is 4.48. The molecule has 0 radical (unpaired) electrons. The van der Waals surface area contributed by atoms with Gasteiger partial charge in [-0.2, -0.15) is 5.10 Å². The van der Waals surface area contributed by atoms with E-state index in [4.69, 9.17) is 0 Å².